The zero-order chi connectivity index (χ0) is 14.8. The predicted molar refractivity (Wildman–Crippen MR) is 89.0 cm³/mol. The van der Waals surface area contributed by atoms with Crippen LogP contribution < -0.4 is 5.76 Å². The Kier molecular flexibility index (Phi) is 4.53. The van der Waals surface area contributed by atoms with E-state index in [0.717, 1.165) is 17.9 Å². The molecule has 1 aromatic carbocycles. The summed E-state index contributed by atoms with van der Waals surface area (Å²) < 4.78 is 7.12. The van der Waals surface area contributed by atoms with Gasteiger partial charge in [-0.15, -0.1) is 0 Å². The molecule has 0 N–H and O–H groups in total. The first-order valence-electron chi connectivity index (χ1n) is 7.96. The van der Waals surface area contributed by atoms with E-state index in [9.17, 15) is 4.79 Å². The number of oxazole rings is 1. The van der Waals surface area contributed by atoms with Crippen molar-refractivity contribution >= 4 is 27.0 Å². The van der Waals surface area contributed by atoms with Gasteiger partial charge in [-0.1, -0.05) is 54.6 Å². The molecular formula is C17H22BrNO2. The van der Waals surface area contributed by atoms with Gasteiger partial charge in [-0.25, -0.2) is 4.79 Å². The monoisotopic (exact) mass is 351 g/mol. The Morgan fingerprint density at radius 2 is 2.14 bits per heavy atom. The van der Waals surface area contributed by atoms with Crippen molar-refractivity contribution in [1.29, 1.82) is 0 Å². The molecule has 1 atom stereocenters. The lowest BCUT2D eigenvalue weighted by Gasteiger charge is -2.15. The first kappa shape index (κ1) is 14.9. The third kappa shape index (κ3) is 3.10. The molecule has 0 spiro atoms. The normalized spacial score (nSPS) is 17.6. The van der Waals surface area contributed by atoms with Crippen LogP contribution in [0.4, 0.5) is 0 Å². The average Bonchev–Trinajstić information content (AvgIpc) is 3.07. The van der Waals surface area contributed by atoms with Crippen LogP contribution >= 0.6 is 15.9 Å². The summed E-state index contributed by atoms with van der Waals surface area (Å²) in [6.45, 7) is 2.78. The zero-order valence-corrected chi connectivity index (χ0v) is 14.1. The van der Waals surface area contributed by atoms with Gasteiger partial charge in [0.1, 0.15) is 0 Å². The summed E-state index contributed by atoms with van der Waals surface area (Å²) in [6.07, 6.45) is 7.55. The van der Waals surface area contributed by atoms with E-state index in [-0.39, 0.29) is 5.76 Å². The van der Waals surface area contributed by atoms with Gasteiger partial charge in [0.15, 0.2) is 5.58 Å². The Morgan fingerprint density at radius 1 is 1.38 bits per heavy atom. The second-order valence-corrected chi connectivity index (χ2v) is 7.21. The van der Waals surface area contributed by atoms with Gasteiger partial charge in [0, 0.05) is 11.4 Å². The highest BCUT2D eigenvalue weighted by Gasteiger charge is 2.20. The first-order valence-corrected chi connectivity index (χ1v) is 8.88. The molecule has 1 aliphatic rings. The molecule has 0 bridgehead atoms. The fraction of sp³-hybridized carbons (Fsp3) is 0.588. The number of aryl methyl sites for hydroxylation is 1. The highest BCUT2D eigenvalue weighted by atomic mass is 79.9. The van der Waals surface area contributed by atoms with Crippen LogP contribution in [0.2, 0.25) is 0 Å². The second-order valence-electron chi connectivity index (χ2n) is 6.10. The summed E-state index contributed by atoms with van der Waals surface area (Å²) in [6, 6.07) is 6.17. The second kappa shape index (κ2) is 6.39. The van der Waals surface area contributed by atoms with Gasteiger partial charge < -0.3 is 4.42 Å². The molecule has 4 heteroatoms. The van der Waals surface area contributed by atoms with E-state index in [4.69, 9.17) is 4.42 Å². The van der Waals surface area contributed by atoms with Crippen LogP contribution in [-0.4, -0.2) is 4.57 Å². The molecule has 1 aromatic heterocycles. The first-order chi connectivity index (χ1) is 10.2. The molecule has 1 fully saturated rings. The SMILES string of the molecule is CCCn1c(=O)oc2cc(C(Br)CC3CCCC3)ccc21. The van der Waals surface area contributed by atoms with Crippen LogP contribution in [0.5, 0.6) is 0 Å². The highest BCUT2D eigenvalue weighted by Crippen LogP contribution is 2.37. The topological polar surface area (TPSA) is 35.1 Å². The molecule has 0 aliphatic heterocycles. The molecule has 0 radical (unpaired) electrons. The number of hydrogen-bond acceptors (Lipinski definition) is 2. The number of halogens is 1. The standard InChI is InChI=1S/C17H22BrNO2/c1-2-9-19-15-8-7-13(11-16(15)21-17(19)20)14(18)10-12-5-3-4-6-12/h7-8,11-12,14H,2-6,9-10H2,1H3. The number of fused-ring (bicyclic) bond motifs is 1. The van der Waals surface area contributed by atoms with Crippen LogP contribution in [0.25, 0.3) is 11.1 Å². The Labute approximate surface area is 133 Å². The van der Waals surface area contributed by atoms with Crippen molar-refractivity contribution in [2.45, 2.75) is 56.8 Å². The van der Waals surface area contributed by atoms with Crippen LogP contribution in [0, 0.1) is 5.92 Å². The molecule has 0 saturated heterocycles. The van der Waals surface area contributed by atoms with Crippen molar-refractivity contribution in [3.8, 4) is 0 Å². The Morgan fingerprint density at radius 3 is 2.86 bits per heavy atom. The third-order valence-corrected chi connectivity index (χ3v) is 5.42. The van der Waals surface area contributed by atoms with Crippen molar-refractivity contribution < 1.29 is 4.42 Å². The lowest BCUT2D eigenvalue weighted by molar-refractivity contribution is 0.498. The van der Waals surface area contributed by atoms with Crippen LogP contribution in [-0.2, 0) is 6.54 Å². The summed E-state index contributed by atoms with van der Waals surface area (Å²) >= 11 is 3.81. The Hall–Kier alpha value is -1.03. The molecule has 21 heavy (non-hydrogen) atoms. The third-order valence-electron chi connectivity index (χ3n) is 4.52. The summed E-state index contributed by atoms with van der Waals surface area (Å²) in [7, 11) is 0. The van der Waals surface area contributed by atoms with Gasteiger partial charge in [-0.3, -0.25) is 4.57 Å². The molecule has 3 rings (SSSR count). The Balaban J connectivity index is 1.85. The number of nitrogens with zero attached hydrogens (tertiary/aromatic N) is 1. The van der Waals surface area contributed by atoms with Crippen molar-refractivity contribution in [2.24, 2.45) is 5.92 Å². The van der Waals surface area contributed by atoms with E-state index < -0.39 is 0 Å². The number of aromatic nitrogens is 1. The minimum atomic E-state index is -0.245. The van der Waals surface area contributed by atoms with Gasteiger partial charge in [-0.05, 0) is 36.5 Å². The number of alkyl halides is 1. The molecular weight excluding hydrogens is 330 g/mol. The largest absolute Gasteiger partial charge is 0.419 e. The van der Waals surface area contributed by atoms with Crippen LogP contribution in [0.3, 0.4) is 0 Å². The van der Waals surface area contributed by atoms with E-state index >= 15 is 0 Å². The minimum Gasteiger partial charge on any atom is -0.408 e. The quantitative estimate of drug-likeness (QED) is 0.708. The summed E-state index contributed by atoms with van der Waals surface area (Å²) in [5, 5.41) is 0. The van der Waals surface area contributed by atoms with Gasteiger partial charge in [0.25, 0.3) is 0 Å². The van der Waals surface area contributed by atoms with Crippen molar-refractivity contribution in [2.75, 3.05) is 0 Å². The zero-order valence-electron chi connectivity index (χ0n) is 12.5. The predicted octanol–water partition coefficient (Wildman–Crippen LogP) is 5.02. The molecule has 3 nitrogen and oxygen atoms in total. The maximum Gasteiger partial charge on any atom is 0.419 e. The molecule has 0 amide bonds. The Bertz CT molecular complexity index is 667. The van der Waals surface area contributed by atoms with Gasteiger partial charge in [0.05, 0.1) is 5.52 Å². The van der Waals surface area contributed by atoms with Crippen LogP contribution in [0.1, 0.15) is 55.8 Å². The lowest BCUT2D eigenvalue weighted by atomic mass is 9.98. The molecule has 2 aromatic rings. The molecule has 1 saturated carbocycles. The smallest absolute Gasteiger partial charge is 0.408 e. The van der Waals surface area contributed by atoms with E-state index in [0.29, 0.717) is 17.0 Å². The van der Waals surface area contributed by atoms with Gasteiger partial charge in [0.2, 0.25) is 0 Å². The maximum atomic E-state index is 11.9. The van der Waals surface area contributed by atoms with E-state index in [1.54, 1.807) is 4.57 Å². The molecule has 1 aliphatic carbocycles. The average molecular weight is 352 g/mol. The van der Waals surface area contributed by atoms with Crippen molar-refractivity contribution in [3.63, 3.8) is 0 Å². The summed E-state index contributed by atoms with van der Waals surface area (Å²) in [5.41, 5.74) is 2.83. The minimum absolute atomic E-state index is 0.245. The summed E-state index contributed by atoms with van der Waals surface area (Å²) in [4.78, 5) is 12.2. The molecule has 1 heterocycles. The number of hydrogen-bond donors (Lipinski definition) is 0. The maximum absolute atomic E-state index is 11.9. The lowest BCUT2D eigenvalue weighted by Crippen LogP contribution is -2.13. The van der Waals surface area contributed by atoms with Crippen LogP contribution in [0.15, 0.2) is 27.4 Å². The summed E-state index contributed by atoms with van der Waals surface area (Å²) in [5.74, 6) is 0.590. The molecule has 114 valence electrons. The van der Waals surface area contributed by atoms with Gasteiger partial charge >= 0.3 is 5.76 Å². The van der Waals surface area contributed by atoms with E-state index in [2.05, 4.69) is 28.9 Å². The van der Waals surface area contributed by atoms with E-state index in [1.807, 2.05) is 12.1 Å². The number of rotatable bonds is 5. The van der Waals surface area contributed by atoms with Crippen molar-refractivity contribution in [3.05, 3.63) is 34.3 Å². The fourth-order valence-corrected chi connectivity index (χ4v) is 4.20. The highest BCUT2D eigenvalue weighted by molar-refractivity contribution is 9.09. The van der Waals surface area contributed by atoms with Gasteiger partial charge in [-0.2, -0.15) is 0 Å². The fourth-order valence-electron chi connectivity index (χ4n) is 3.39. The molecule has 1 unspecified atom stereocenters. The number of benzene rings is 1. The van der Waals surface area contributed by atoms with E-state index in [1.165, 1.54) is 37.7 Å². The van der Waals surface area contributed by atoms with Crippen molar-refractivity contribution in [1.82, 2.24) is 4.57 Å².